The first-order valence-electron chi connectivity index (χ1n) is 6.22. The normalized spacial score (nSPS) is 9.95. The molecular weight excluding hydrogens is 343 g/mol. The maximum atomic E-state index is 12.0. The second-order valence-electron chi connectivity index (χ2n) is 4.22. The van der Waals surface area contributed by atoms with E-state index in [1.807, 2.05) is 6.07 Å². The van der Waals surface area contributed by atoms with Crippen LogP contribution in [-0.4, -0.2) is 18.1 Å². The molecule has 4 nitrogen and oxygen atoms in total. The summed E-state index contributed by atoms with van der Waals surface area (Å²) in [6.45, 7) is 0. The van der Waals surface area contributed by atoms with Crippen LogP contribution in [0.15, 0.2) is 42.5 Å². The summed E-state index contributed by atoms with van der Waals surface area (Å²) in [6.07, 6.45) is 0. The Balaban J connectivity index is 2.07. The van der Waals surface area contributed by atoms with Crippen LogP contribution in [0.4, 0.5) is 5.69 Å². The van der Waals surface area contributed by atoms with Gasteiger partial charge in [-0.05, 0) is 36.5 Å². The summed E-state index contributed by atoms with van der Waals surface area (Å²) in [5.74, 6) is 0.144. The largest absolute Gasteiger partial charge is 0.495 e. The number of amides is 1. The van der Waals surface area contributed by atoms with Crippen molar-refractivity contribution in [2.75, 3.05) is 12.4 Å². The third-order valence-electron chi connectivity index (χ3n) is 2.78. The Morgan fingerprint density at radius 1 is 1.09 bits per heavy atom. The molecule has 0 saturated heterocycles. The Hall–Kier alpha value is -1.82. The van der Waals surface area contributed by atoms with E-state index in [0.29, 0.717) is 17.0 Å². The van der Waals surface area contributed by atoms with Gasteiger partial charge in [-0.3, -0.25) is 10.1 Å². The van der Waals surface area contributed by atoms with E-state index < -0.39 is 0 Å². The molecule has 0 bridgehead atoms. The summed E-state index contributed by atoms with van der Waals surface area (Å²) >= 11 is 17.3. The fourth-order valence-electron chi connectivity index (χ4n) is 1.70. The van der Waals surface area contributed by atoms with Crippen LogP contribution in [0.2, 0.25) is 10.0 Å². The average Bonchev–Trinajstić information content (AvgIpc) is 2.53. The first-order valence-corrected chi connectivity index (χ1v) is 7.38. The van der Waals surface area contributed by atoms with Crippen molar-refractivity contribution in [2.45, 2.75) is 0 Å². The number of hydrogen-bond donors (Lipinski definition) is 2. The maximum Gasteiger partial charge on any atom is 0.257 e. The second-order valence-corrected chi connectivity index (χ2v) is 5.38. The zero-order chi connectivity index (χ0) is 16.1. The number of nitrogens with one attached hydrogen (secondary N) is 2. The second kappa shape index (κ2) is 7.45. The molecule has 22 heavy (non-hydrogen) atoms. The van der Waals surface area contributed by atoms with E-state index in [1.165, 1.54) is 7.11 Å². The lowest BCUT2D eigenvalue weighted by Gasteiger charge is -2.13. The number of halogens is 2. The molecule has 0 heterocycles. The number of ether oxygens (including phenoxy) is 1. The lowest BCUT2D eigenvalue weighted by molar-refractivity contribution is 0.0977. The van der Waals surface area contributed by atoms with Crippen LogP contribution in [0.1, 0.15) is 10.4 Å². The molecule has 0 aliphatic carbocycles. The lowest BCUT2D eigenvalue weighted by Crippen LogP contribution is -2.34. The Labute approximate surface area is 143 Å². The summed E-state index contributed by atoms with van der Waals surface area (Å²) in [5, 5.41) is 6.05. The minimum Gasteiger partial charge on any atom is -0.495 e. The van der Waals surface area contributed by atoms with Gasteiger partial charge in [-0.15, -0.1) is 0 Å². The first kappa shape index (κ1) is 16.5. The van der Waals surface area contributed by atoms with Crippen molar-refractivity contribution in [3.05, 3.63) is 58.1 Å². The molecule has 1 amide bonds. The van der Waals surface area contributed by atoms with Gasteiger partial charge in [-0.25, -0.2) is 0 Å². The standard InChI is InChI=1S/C15H12Cl2N2O2S/c1-21-11-8-7-10(12(16)13(11)17)18-15(22)19-14(20)9-5-3-2-4-6-9/h2-8H,1H3,(H2,18,19,20,22). The molecule has 2 rings (SSSR count). The van der Waals surface area contributed by atoms with Gasteiger partial charge in [0.2, 0.25) is 0 Å². The predicted molar refractivity (Wildman–Crippen MR) is 93.1 cm³/mol. The molecule has 2 N–H and O–H groups in total. The number of carbonyl (C=O) groups is 1. The molecule has 0 atom stereocenters. The minimum atomic E-state index is -0.311. The smallest absolute Gasteiger partial charge is 0.257 e. The third-order valence-corrected chi connectivity index (χ3v) is 3.85. The summed E-state index contributed by atoms with van der Waals surface area (Å²) in [7, 11) is 1.50. The molecule has 7 heteroatoms. The first-order chi connectivity index (χ1) is 10.5. The van der Waals surface area contributed by atoms with E-state index in [1.54, 1.807) is 36.4 Å². The van der Waals surface area contributed by atoms with E-state index >= 15 is 0 Å². The van der Waals surface area contributed by atoms with Crippen molar-refractivity contribution in [2.24, 2.45) is 0 Å². The number of rotatable bonds is 3. The van der Waals surface area contributed by atoms with Crippen molar-refractivity contribution in [1.29, 1.82) is 0 Å². The Morgan fingerprint density at radius 3 is 2.41 bits per heavy atom. The van der Waals surface area contributed by atoms with Crippen LogP contribution in [0.3, 0.4) is 0 Å². The van der Waals surface area contributed by atoms with E-state index in [0.717, 1.165) is 0 Å². The van der Waals surface area contributed by atoms with Gasteiger partial charge in [0.15, 0.2) is 5.11 Å². The number of thiocarbonyl (C=S) groups is 1. The van der Waals surface area contributed by atoms with E-state index in [4.69, 9.17) is 40.2 Å². The molecule has 0 spiro atoms. The van der Waals surface area contributed by atoms with Crippen molar-refractivity contribution >= 4 is 52.1 Å². The van der Waals surface area contributed by atoms with Gasteiger partial charge < -0.3 is 10.1 Å². The van der Waals surface area contributed by atoms with Crippen molar-refractivity contribution in [3.8, 4) is 5.75 Å². The van der Waals surface area contributed by atoms with Crippen LogP contribution < -0.4 is 15.4 Å². The van der Waals surface area contributed by atoms with Crippen molar-refractivity contribution < 1.29 is 9.53 Å². The Kier molecular flexibility index (Phi) is 5.60. The molecular formula is C15H12Cl2N2O2S. The highest BCUT2D eigenvalue weighted by Crippen LogP contribution is 2.37. The van der Waals surface area contributed by atoms with Crippen LogP contribution in [0, 0.1) is 0 Å². The highest BCUT2D eigenvalue weighted by atomic mass is 35.5. The van der Waals surface area contributed by atoms with Crippen molar-refractivity contribution in [1.82, 2.24) is 5.32 Å². The van der Waals surface area contributed by atoms with Gasteiger partial charge in [0.25, 0.3) is 5.91 Å². The van der Waals surface area contributed by atoms with E-state index in [-0.39, 0.29) is 21.1 Å². The lowest BCUT2D eigenvalue weighted by atomic mass is 10.2. The SMILES string of the molecule is COc1ccc(NC(=S)NC(=O)c2ccccc2)c(Cl)c1Cl. The number of anilines is 1. The monoisotopic (exact) mass is 354 g/mol. The summed E-state index contributed by atoms with van der Waals surface area (Å²) in [4.78, 5) is 12.0. The zero-order valence-electron chi connectivity index (χ0n) is 11.5. The van der Waals surface area contributed by atoms with Gasteiger partial charge in [0, 0.05) is 5.56 Å². The molecule has 2 aromatic rings. The van der Waals surface area contributed by atoms with Gasteiger partial charge in [0.1, 0.15) is 10.8 Å². The molecule has 2 aromatic carbocycles. The van der Waals surface area contributed by atoms with Crippen LogP contribution in [-0.2, 0) is 0 Å². The van der Waals surface area contributed by atoms with Crippen LogP contribution in [0.5, 0.6) is 5.75 Å². The summed E-state index contributed by atoms with van der Waals surface area (Å²) in [6, 6.07) is 12.1. The van der Waals surface area contributed by atoms with Gasteiger partial charge >= 0.3 is 0 Å². The Bertz CT molecular complexity index is 708. The van der Waals surface area contributed by atoms with Gasteiger partial charge in [0.05, 0.1) is 17.8 Å². The molecule has 0 aliphatic rings. The third kappa shape index (κ3) is 3.88. The molecule has 114 valence electrons. The number of benzene rings is 2. The quantitative estimate of drug-likeness (QED) is 0.813. The maximum absolute atomic E-state index is 12.0. The number of methoxy groups -OCH3 is 1. The van der Waals surface area contributed by atoms with Crippen LogP contribution in [0.25, 0.3) is 0 Å². The van der Waals surface area contributed by atoms with Crippen molar-refractivity contribution in [3.63, 3.8) is 0 Å². The highest BCUT2D eigenvalue weighted by Gasteiger charge is 2.13. The number of carbonyl (C=O) groups excluding carboxylic acids is 1. The van der Waals surface area contributed by atoms with Gasteiger partial charge in [-0.2, -0.15) is 0 Å². The fraction of sp³-hybridized carbons (Fsp3) is 0.0667. The molecule has 0 radical (unpaired) electrons. The fourth-order valence-corrected chi connectivity index (χ4v) is 2.35. The summed E-state index contributed by atoms with van der Waals surface area (Å²) < 4.78 is 5.06. The minimum absolute atomic E-state index is 0.122. The average molecular weight is 355 g/mol. The van der Waals surface area contributed by atoms with E-state index in [9.17, 15) is 4.79 Å². The van der Waals surface area contributed by atoms with E-state index in [2.05, 4.69) is 10.6 Å². The topological polar surface area (TPSA) is 50.4 Å². The Morgan fingerprint density at radius 2 is 1.77 bits per heavy atom. The van der Waals surface area contributed by atoms with Gasteiger partial charge in [-0.1, -0.05) is 41.4 Å². The highest BCUT2D eigenvalue weighted by molar-refractivity contribution is 7.80. The number of hydrogen-bond acceptors (Lipinski definition) is 3. The summed E-state index contributed by atoms with van der Waals surface area (Å²) in [5.41, 5.74) is 0.983. The van der Waals surface area contributed by atoms with Crippen LogP contribution >= 0.6 is 35.4 Å². The zero-order valence-corrected chi connectivity index (χ0v) is 13.9. The predicted octanol–water partition coefficient (Wildman–Crippen LogP) is 4.13. The molecule has 0 aliphatic heterocycles. The molecule has 0 fully saturated rings. The molecule has 0 aromatic heterocycles. The molecule has 0 unspecified atom stereocenters. The molecule has 0 saturated carbocycles.